The van der Waals surface area contributed by atoms with Gasteiger partial charge in [0.05, 0.1) is 17.3 Å². The maximum Gasteiger partial charge on any atom is 0.105 e. The van der Waals surface area contributed by atoms with E-state index in [1.54, 1.807) is 28.6 Å². The predicted octanol–water partition coefficient (Wildman–Crippen LogP) is 2.11. The number of nitriles is 1. The second kappa shape index (κ2) is 3.56. The number of rotatable bonds is 1. The normalized spacial score (nSPS) is 9.71. The number of hydrogen-bond donors (Lipinski definition) is 1. The van der Waals surface area contributed by atoms with Gasteiger partial charge in [0, 0.05) is 11.8 Å². The number of thiol groups is 1. The van der Waals surface area contributed by atoms with Gasteiger partial charge in [-0.15, -0.1) is 0 Å². The molecule has 2 aromatic rings. The minimum atomic E-state index is 0.635. The molecule has 1 aromatic carbocycles. The molecule has 14 heavy (non-hydrogen) atoms. The van der Waals surface area contributed by atoms with E-state index in [1.807, 2.05) is 12.1 Å². The van der Waals surface area contributed by atoms with Crippen molar-refractivity contribution in [2.45, 2.75) is 0 Å². The summed E-state index contributed by atoms with van der Waals surface area (Å²) in [6.45, 7) is 0. The van der Waals surface area contributed by atoms with E-state index in [-0.39, 0.29) is 0 Å². The molecule has 3 nitrogen and oxygen atoms in total. The maximum atomic E-state index is 8.72. The lowest BCUT2D eigenvalue weighted by molar-refractivity contribution is 1.25. The summed E-state index contributed by atoms with van der Waals surface area (Å²) in [7, 11) is 0. The van der Waals surface area contributed by atoms with Crippen molar-refractivity contribution in [2.75, 3.05) is 0 Å². The van der Waals surface area contributed by atoms with Gasteiger partial charge in [0.1, 0.15) is 6.33 Å². The van der Waals surface area contributed by atoms with Gasteiger partial charge in [-0.05, 0) is 12.1 Å². The molecule has 0 saturated heterocycles. The van der Waals surface area contributed by atoms with Crippen molar-refractivity contribution < 1.29 is 0 Å². The Balaban J connectivity index is 2.47. The van der Waals surface area contributed by atoms with Crippen LogP contribution in [0.15, 0.2) is 36.8 Å². The zero-order valence-corrected chi connectivity index (χ0v) is 8.15. The number of benzene rings is 1. The van der Waals surface area contributed by atoms with Gasteiger partial charge in [0.25, 0.3) is 0 Å². The quantitative estimate of drug-likeness (QED) is 0.718. The van der Waals surface area contributed by atoms with Gasteiger partial charge in [-0.2, -0.15) is 5.26 Å². The molecule has 0 amide bonds. The minimum Gasteiger partial charge on any atom is -0.282 e. The molecule has 0 unspecified atom stereocenters. The van der Waals surface area contributed by atoms with Gasteiger partial charge >= 0.3 is 0 Å². The molecular formula is C10H7N3S. The van der Waals surface area contributed by atoms with Gasteiger partial charge in [-0.25, -0.2) is 4.98 Å². The van der Waals surface area contributed by atoms with Crippen LogP contribution in [-0.2, 0) is 0 Å². The molecule has 68 valence electrons. The average Bonchev–Trinajstić information content (AvgIpc) is 2.65. The molecule has 1 heterocycles. The standard InChI is InChI=1S/C10H7N3S/c11-5-8-2-1-3-9(4-8)10-6-13(14)7-12-10/h1-4,6-7,14H. The van der Waals surface area contributed by atoms with E-state index in [1.165, 1.54) is 0 Å². The third-order valence-electron chi connectivity index (χ3n) is 1.86. The Kier molecular flexibility index (Phi) is 2.25. The highest BCUT2D eigenvalue weighted by atomic mass is 32.1. The fourth-order valence-electron chi connectivity index (χ4n) is 1.21. The molecule has 0 aliphatic rings. The van der Waals surface area contributed by atoms with Crippen LogP contribution in [0.5, 0.6) is 0 Å². The molecule has 0 aliphatic heterocycles. The van der Waals surface area contributed by atoms with Crippen LogP contribution in [0.25, 0.3) is 11.3 Å². The highest BCUT2D eigenvalue weighted by Gasteiger charge is 2.01. The molecule has 0 saturated carbocycles. The summed E-state index contributed by atoms with van der Waals surface area (Å²) in [6.07, 6.45) is 3.40. The number of imidazole rings is 1. The largest absolute Gasteiger partial charge is 0.282 e. The van der Waals surface area contributed by atoms with Crippen LogP contribution in [0.4, 0.5) is 0 Å². The van der Waals surface area contributed by atoms with Crippen molar-refractivity contribution in [3.63, 3.8) is 0 Å². The molecule has 0 spiro atoms. The summed E-state index contributed by atoms with van der Waals surface area (Å²) in [5, 5.41) is 8.72. The van der Waals surface area contributed by atoms with Crippen molar-refractivity contribution in [1.29, 1.82) is 5.26 Å². The fraction of sp³-hybridized carbons (Fsp3) is 0. The van der Waals surface area contributed by atoms with Crippen LogP contribution < -0.4 is 0 Å². The van der Waals surface area contributed by atoms with Crippen molar-refractivity contribution in [3.05, 3.63) is 42.4 Å². The first-order valence-electron chi connectivity index (χ1n) is 4.03. The predicted molar refractivity (Wildman–Crippen MR) is 56.8 cm³/mol. The van der Waals surface area contributed by atoms with E-state index in [0.29, 0.717) is 5.56 Å². The smallest absolute Gasteiger partial charge is 0.105 e. The summed E-state index contributed by atoms with van der Waals surface area (Å²) in [6, 6.07) is 9.41. The fourth-order valence-corrected chi connectivity index (χ4v) is 1.37. The summed E-state index contributed by atoms with van der Waals surface area (Å²) in [5.41, 5.74) is 2.38. The second-order valence-electron chi connectivity index (χ2n) is 2.83. The van der Waals surface area contributed by atoms with E-state index < -0.39 is 0 Å². The lowest BCUT2D eigenvalue weighted by Crippen LogP contribution is -1.79. The lowest BCUT2D eigenvalue weighted by Gasteiger charge is -1.95. The summed E-state index contributed by atoms with van der Waals surface area (Å²) >= 11 is 4.09. The molecule has 0 fully saturated rings. The number of hydrogen-bond acceptors (Lipinski definition) is 3. The van der Waals surface area contributed by atoms with Crippen LogP contribution in [-0.4, -0.2) is 8.96 Å². The van der Waals surface area contributed by atoms with E-state index in [2.05, 4.69) is 23.9 Å². The zero-order valence-electron chi connectivity index (χ0n) is 7.25. The van der Waals surface area contributed by atoms with Gasteiger partial charge in [-0.3, -0.25) is 3.97 Å². The Morgan fingerprint density at radius 2 is 2.29 bits per heavy atom. The topological polar surface area (TPSA) is 41.6 Å². The molecule has 0 bridgehead atoms. The summed E-state index contributed by atoms with van der Waals surface area (Å²) < 4.78 is 1.58. The van der Waals surface area contributed by atoms with Gasteiger partial charge in [-0.1, -0.05) is 24.9 Å². The Bertz CT molecular complexity index is 496. The molecule has 0 atom stereocenters. The van der Waals surface area contributed by atoms with E-state index >= 15 is 0 Å². The van der Waals surface area contributed by atoms with Gasteiger partial charge in [0.15, 0.2) is 0 Å². The molecule has 0 radical (unpaired) electrons. The first kappa shape index (κ1) is 8.85. The van der Waals surface area contributed by atoms with Crippen LogP contribution in [0.2, 0.25) is 0 Å². The van der Waals surface area contributed by atoms with Crippen molar-refractivity contribution >= 4 is 12.8 Å². The van der Waals surface area contributed by atoms with Gasteiger partial charge < -0.3 is 0 Å². The Hall–Kier alpha value is -1.73. The SMILES string of the molecule is N#Cc1cccc(-c2cn(S)cn2)c1. The van der Waals surface area contributed by atoms with Crippen LogP contribution >= 0.6 is 12.8 Å². The van der Waals surface area contributed by atoms with Crippen LogP contribution in [0.1, 0.15) is 5.56 Å². The maximum absolute atomic E-state index is 8.72. The van der Waals surface area contributed by atoms with Crippen LogP contribution in [0, 0.1) is 11.3 Å². The van der Waals surface area contributed by atoms with E-state index in [4.69, 9.17) is 5.26 Å². The average molecular weight is 201 g/mol. The lowest BCUT2D eigenvalue weighted by atomic mass is 10.1. The minimum absolute atomic E-state index is 0.635. The molecule has 2 rings (SSSR count). The Morgan fingerprint density at radius 1 is 1.43 bits per heavy atom. The first-order valence-corrected chi connectivity index (χ1v) is 4.43. The van der Waals surface area contributed by atoms with E-state index in [9.17, 15) is 0 Å². The highest BCUT2D eigenvalue weighted by Crippen LogP contribution is 2.18. The number of aromatic nitrogens is 2. The third kappa shape index (κ3) is 1.63. The summed E-state index contributed by atoms with van der Waals surface area (Å²) in [5.74, 6) is 0. The van der Waals surface area contributed by atoms with Gasteiger partial charge in [0.2, 0.25) is 0 Å². The van der Waals surface area contributed by atoms with Crippen molar-refractivity contribution in [2.24, 2.45) is 0 Å². The second-order valence-corrected chi connectivity index (χ2v) is 3.29. The van der Waals surface area contributed by atoms with E-state index in [0.717, 1.165) is 11.3 Å². The van der Waals surface area contributed by atoms with Crippen molar-refractivity contribution in [3.8, 4) is 17.3 Å². The molecule has 0 aliphatic carbocycles. The molecule has 0 N–H and O–H groups in total. The number of nitrogens with zero attached hydrogens (tertiary/aromatic N) is 3. The first-order chi connectivity index (χ1) is 6.79. The molecule has 4 heteroatoms. The monoisotopic (exact) mass is 201 g/mol. The summed E-state index contributed by atoms with van der Waals surface area (Å²) in [4.78, 5) is 4.14. The Morgan fingerprint density at radius 3 is 2.93 bits per heavy atom. The molecule has 1 aromatic heterocycles. The highest BCUT2D eigenvalue weighted by molar-refractivity contribution is 7.78. The zero-order chi connectivity index (χ0) is 9.97. The van der Waals surface area contributed by atoms with Crippen molar-refractivity contribution in [1.82, 2.24) is 8.96 Å². The third-order valence-corrected chi connectivity index (χ3v) is 2.08. The molecular weight excluding hydrogens is 194 g/mol. The van der Waals surface area contributed by atoms with Crippen LogP contribution in [0.3, 0.4) is 0 Å². The Labute approximate surface area is 87.2 Å².